The van der Waals surface area contributed by atoms with E-state index in [0.29, 0.717) is 32.6 Å². The molecule has 0 bridgehead atoms. The van der Waals surface area contributed by atoms with Crippen LogP contribution in [0.1, 0.15) is 59.9 Å². The van der Waals surface area contributed by atoms with Crippen LogP contribution in [0.25, 0.3) is 10.8 Å². The lowest BCUT2D eigenvalue weighted by atomic mass is 9.98. The monoisotopic (exact) mass is 515 g/mol. The number of nitrogens with zero attached hydrogens (tertiary/aromatic N) is 1. The molecule has 37 heavy (non-hydrogen) atoms. The van der Waals surface area contributed by atoms with Crippen molar-refractivity contribution in [3.8, 4) is 0 Å². The number of ether oxygens (including phenoxy) is 2. The molecule has 3 atom stereocenters. The van der Waals surface area contributed by atoms with Crippen molar-refractivity contribution in [2.75, 3.05) is 19.8 Å². The number of rotatable bonds is 16. The normalized spacial score (nSPS) is 14.6. The van der Waals surface area contributed by atoms with Crippen LogP contribution >= 0.6 is 0 Å². The molecule has 2 aromatic carbocycles. The second-order valence-electron chi connectivity index (χ2n) is 10.4. The first kappa shape index (κ1) is 30.7. The topological polar surface area (TPSA) is 100 Å². The molecule has 1 amide bonds. The second-order valence-corrected chi connectivity index (χ2v) is 10.4. The summed E-state index contributed by atoms with van der Waals surface area (Å²) in [6, 6.07) is 13.8. The Bertz CT molecular complexity index is 966. The van der Waals surface area contributed by atoms with Crippen LogP contribution in [0.2, 0.25) is 0 Å². The smallest absolute Gasteiger partial charge is 0.404 e. The van der Waals surface area contributed by atoms with Crippen LogP contribution < -0.4 is 10.6 Å². The van der Waals surface area contributed by atoms with Gasteiger partial charge in [-0.25, -0.2) is 4.79 Å². The molecule has 2 rings (SSSR count). The van der Waals surface area contributed by atoms with Crippen LogP contribution in [0.4, 0.5) is 4.79 Å². The summed E-state index contributed by atoms with van der Waals surface area (Å²) < 4.78 is 11.9. The van der Waals surface area contributed by atoms with Gasteiger partial charge in [-0.2, -0.15) is 0 Å². The van der Waals surface area contributed by atoms with E-state index in [4.69, 9.17) is 9.47 Å². The molecule has 0 spiro atoms. The first-order valence-electron chi connectivity index (χ1n) is 13.2. The number of fused-ring (bicyclic) bond motifs is 1. The maximum atomic E-state index is 11.9. The molecule has 0 aliphatic heterocycles. The van der Waals surface area contributed by atoms with E-state index >= 15 is 0 Å². The number of carboxylic acid groups (broad SMARTS) is 1. The summed E-state index contributed by atoms with van der Waals surface area (Å²) in [5.74, 6) is 0. The fraction of sp³-hybridized carbons (Fsp3) is 0.586. The van der Waals surface area contributed by atoms with Crippen LogP contribution in [-0.4, -0.2) is 72.1 Å². The van der Waals surface area contributed by atoms with E-state index in [1.165, 1.54) is 0 Å². The molecule has 0 aromatic heterocycles. The van der Waals surface area contributed by atoms with E-state index in [1.54, 1.807) is 0 Å². The maximum Gasteiger partial charge on any atom is 0.404 e. The number of amides is 1. The Hall–Kier alpha value is -2.52. The first-order valence-corrected chi connectivity index (χ1v) is 13.2. The summed E-state index contributed by atoms with van der Waals surface area (Å²) >= 11 is 0. The standard InChI is InChI=1S/C29H45N3O5/c1-7-36-27(37-8-2)21(3)32(19-23-14-11-13-22-12-9-10-15-26(22)23)25(18-30-28(34)35)17-16-24(20-33)31-29(4,5)6/h9-15,20-21,24-25,27,30-31H,7-8,16-19H2,1-6H3,(H,34,35). The Morgan fingerprint density at radius 3 is 2.30 bits per heavy atom. The van der Waals surface area contributed by atoms with Gasteiger partial charge < -0.3 is 30.0 Å². The van der Waals surface area contributed by atoms with Gasteiger partial charge in [0.25, 0.3) is 0 Å². The Kier molecular flexibility index (Phi) is 12.5. The quantitative estimate of drug-likeness (QED) is 0.218. The summed E-state index contributed by atoms with van der Waals surface area (Å²) in [7, 11) is 0. The van der Waals surface area contributed by atoms with Crippen molar-refractivity contribution in [3.05, 3.63) is 48.0 Å². The summed E-state index contributed by atoms with van der Waals surface area (Å²) in [4.78, 5) is 25.6. The SMILES string of the molecule is CCOC(OCC)C(C)N(Cc1cccc2ccccc12)C(CCC(C=O)NC(C)(C)C)CNC(=O)O. The van der Waals surface area contributed by atoms with Gasteiger partial charge in [-0.05, 0) is 70.7 Å². The number of hydrogen-bond donors (Lipinski definition) is 3. The molecule has 3 unspecified atom stereocenters. The third-order valence-electron chi connectivity index (χ3n) is 6.36. The first-order chi connectivity index (χ1) is 17.6. The number of nitrogens with one attached hydrogen (secondary N) is 2. The predicted molar refractivity (Wildman–Crippen MR) is 148 cm³/mol. The molecule has 2 aromatic rings. The van der Waals surface area contributed by atoms with Gasteiger partial charge in [0.05, 0.1) is 12.1 Å². The zero-order valence-electron chi connectivity index (χ0n) is 23.2. The van der Waals surface area contributed by atoms with Crippen LogP contribution in [0.5, 0.6) is 0 Å². The zero-order chi connectivity index (χ0) is 27.4. The van der Waals surface area contributed by atoms with Crippen LogP contribution in [0, 0.1) is 0 Å². The fourth-order valence-corrected chi connectivity index (χ4v) is 4.74. The third-order valence-corrected chi connectivity index (χ3v) is 6.36. The van der Waals surface area contributed by atoms with Gasteiger partial charge in [-0.1, -0.05) is 42.5 Å². The van der Waals surface area contributed by atoms with Crippen molar-refractivity contribution in [3.63, 3.8) is 0 Å². The molecule has 0 radical (unpaired) electrons. The highest BCUT2D eigenvalue weighted by molar-refractivity contribution is 5.85. The van der Waals surface area contributed by atoms with Crippen LogP contribution in [0.15, 0.2) is 42.5 Å². The van der Waals surface area contributed by atoms with E-state index in [2.05, 4.69) is 46.7 Å². The summed E-state index contributed by atoms with van der Waals surface area (Å²) in [6.45, 7) is 13.8. The molecule has 0 aliphatic carbocycles. The van der Waals surface area contributed by atoms with Gasteiger partial charge in [0.15, 0.2) is 6.29 Å². The van der Waals surface area contributed by atoms with E-state index in [1.807, 2.05) is 52.8 Å². The van der Waals surface area contributed by atoms with E-state index < -0.39 is 12.4 Å². The van der Waals surface area contributed by atoms with Gasteiger partial charge >= 0.3 is 6.09 Å². The number of aldehydes is 1. The Morgan fingerprint density at radius 2 is 1.70 bits per heavy atom. The summed E-state index contributed by atoms with van der Waals surface area (Å²) in [5, 5.41) is 17.7. The second kappa shape index (κ2) is 15.0. The maximum absolute atomic E-state index is 11.9. The van der Waals surface area contributed by atoms with E-state index in [9.17, 15) is 14.7 Å². The van der Waals surface area contributed by atoms with Crippen molar-refractivity contribution in [2.45, 2.75) is 90.9 Å². The number of hydrogen-bond acceptors (Lipinski definition) is 6. The van der Waals surface area contributed by atoms with E-state index in [-0.39, 0.29) is 30.2 Å². The van der Waals surface area contributed by atoms with Gasteiger partial charge in [-0.3, -0.25) is 4.90 Å². The molecule has 8 heteroatoms. The highest BCUT2D eigenvalue weighted by Gasteiger charge is 2.32. The van der Waals surface area contributed by atoms with Gasteiger partial charge in [-0.15, -0.1) is 0 Å². The number of carbonyl (C=O) groups is 2. The molecule has 0 saturated carbocycles. The minimum Gasteiger partial charge on any atom is -0.465 e. The molecule has 3 N–H and O–H groups in total. The highest BCUT2D eigenvalue weighted by Crippen LogP contribution is 2.25. The van der Waals surface area contributed by atoms with Crippen molar-refractivity contribution < 1.29 is 24.2 Å². The Morgan fingerprint density at radius 1 is 1.05 bits per heavy atom. The van der Waals surface area contributed by atoms with E-state index in [0.717, 1.165) is 22.6 Å². The lowest BCUT2D eigenvalue weighted by molar-refractivity contribution is -0.176. The molecule has 0 aliphatic rings. The summed E-state index contributed by atoms with van der Waals surface area (Å²) in [5.41, 5.74) is 0.919. The number of benzene rings is 2. The molecule has 8 nitrogen and oxygen atoms in total. The van der Waals surface area contributed by atoms with Crippen molar-refractivity contribution in [1.29, 1.82) is 0 Å². The highest BCUT2D eigenvalue weighted by atomic mass is 16.7. The van der Waals surface area contributed by atoms with Crippen LogP contribution in [0.3, 0.4) is 0 Å². The Labute approximate surface area is 221 Å². The molecule has 0 fully saturated rings. The number of carbonyl (C=O) groups excluding carboxylic acids is 1. The minimum atomic E-state index is -1.08. The molecular formula is C29H45N3O5. The fourth-order valence-electron chi connectivity index (χ4n) is 4.74. The largest absolute Gasteiger partial charge is 0.465 e. The molecular weight excluding hydrogens is 470 g/mol. The lowest BCUT2D eigenvalue weighted by Gasteiger charge is -2.40. The lowest BCUT2D eigenvalue weighted by Crippen LogP contribution is -2.53. The average molecular weight is 516 g/mol. The molecule has 0 saturated heterocycles. The average Bonchev–Trinajstić information content (AvgIpc) is 2.85. The van der Waals surface area contributed by atoms with Crippen LogP contribution in [-0.2, 0) is 20.8 Å². The van der Waals surface area contributed by atoms with Gasteiger partial charge in [0.2, 0.25) is 0 Å². The van der Waals surface area contributed by atoms with Crippen molar-refractivity contribution in [1.82, 2.24) is 15.5 Å². The zero-order valence-corrected chi connectivity index (χ0v) is 23.2. The third kappa shape index (κ3) is 10.0. The van der Waals surface area contributed by atoms with Gasteiger partial charge in [0.1, 0.15) is 6.29 Å². The van der Waals surface area contributed by atoms with Crippen molar-refractivity contribution >= 4 is 23.2 Å². The molecule has 0 heterocycles. The predicted octanol–water partition coefficient (Wildman–Crippen LogP) is 4.80. The van der Waals surface area contributed by atoms with Gasteiger partial charge in [0, 0.05) is 37.9 Å². The summed E-state index contributed by atoms with van der Waals surface area (Å²) in [6.07, 6.45) is 0.557. The van der Waals surface area contributed by atoms with Crippen molar-refractivity contribution in [2.24, 2.45) is 0 Å². The Balaban J connectivity index is 2.45. The molecule has 206 valence electrons. The minimum absolute atomic E-state index is 0.176.